The number of nitrogens with one attached hydrogen (secondary N) is 1. The van der Waals surface area contributed by atoms with Gasteiger partial charge in [-0.15, -0.1) is 0 Å². The van der Waals surface area contributed by atoms with Gasteiger partial charge in [0.25, 0.3) is 5.56 Å². The van der Waals surface area contributed by atoms with Gasteiger partial charge in [0.05, 0.1) is 29.5 Å². The third-order valence-corrected chi connectivity index (χ3v) is 3.39. The van der Waals surface area contributed by atoms with E-state index < -0.39 is 0 Å². The maximum atomic E-state index is 12.3. The Morgan fingerprint density at radius 1 is 1.32 bits per heavy atom. The summed E-state index contributed by atoms with van der Waals surface area (Å²) in [5, 5.41) is 3.28. The number of carbonyl (C=O) groups excluding carboxylic acids is 1. The predicted molar refractivity (Wildman–Crippen MR) is 81.3 cm³/mol. The fourth-order valence-corrected chi connectivity index (χ4v) is 2.27. The first-order valence-electron chi connectivity index (χ1n) is 6.92. The van der Waals surface area contributed by atoms with Gasteiger partial charge in [0.15, 0.2) is 0 Å². The fraction of sp³-hybridized carbons (Fsp3) is 0.188. The Morgan fingerprint density at radius 2 is 2.14 bits per heavy atom. The molecule has 0 bridgehead atoms. The van der Waals surface area contributed by atoms with Crippen molar-refractivity contribution in [3.8, 4) is 0 Å². The lowest BCUT2D eigenvalue weighted by Gasteiger charge is -2.12. The van der Waals surface area contributed by atoms with Crippen molar-refractivity contribution < 1.29 is 9.21 Å². The molecule has 2 heterocycles. The van der Waals surface area contributed by atoms with Crippen LogP contribution in [0.2, 0.25) is 0 Å². The lowest BCUT2D eigenvalue weighted by atomic mass is 10.2. The van der Waals surface area contributed by atoms with Gasteiger partial charge in [-0.3, -0.25) is 14.2 Å². The minimum atomic E-state index is -0.275. The molecule has 0 saturated carbocycles. The normalized spacial score (nSPS) is 12.2. The highest BCUT2D eigenvalue weighted by molar-refractivity contribution is 5.79. The van der Waals surface area contributed by atoms with Gasteiger partial charge in [-0.1, -0.05) is 12.1 Å². The van der Waals surface area contributed by atoms with Crippen LogP contribution in [0, 0.1) is 0 Å². The van der Waals surface area contributed by atoms with Crippen molar-refractivity contribution in [2.24, 2.45) is 0 Å². The highest BCUT2D eigenvalue weighted by Gasteiger charge is 2.13. The third-order valence-electron chi connectivity index (χ3n) is 3.39. The zero-order valence-electron chi connectivity index (χ0n) is 12.0. The largest absolute Gasteiger partial charge is 0.467 e. The van der Waals surface area contributed by atoms with E-state index in [0.29, 0.717) is 16.7 Å². The topological polar surface area (TPSA) is 77.1 Å². The minimum Gasteiger partial charge on any atom is -0.467 e. The number of amides is 1. The molecular weight excluding hydrogens is 282 g/mol. The number of benzene rings is 1. The first-order valence-corrected chi connectivity index (χ1v) is 6.92. The summed E-state index contributed by atoms with van der Waals surface area (Å²) >= 11 is 0. The van der Waals surface area contributed by atoms with Crippen LogP contribution in [0.3, 0.4) is 0 Å². The number of fused-ring (bicyclic) bond motifs is 1. The van der Waals surface area contributed by atoms with Crippen molar-refractivity contribution in [1.29, 1.82) is 0 Å². The quantitative estimate of drug-likeness (QED) is 0.797. The molecule has 112 valence electrons. The smallest absolute Gasteiger partial charge is 0.261 e. The zero-order valence-corrected chi connectivity index (χ0v) is 12.0. The van der Waals surface area contributed by atoms with E-state index in [1.54, 1.807) is 36.6 Å². The maximum Gasteiger partial charge on any atom is 0.261 e. The zero-order chi connectivity index (χ0) is 15.5. The molecule has 0 radical (unpaired) electrons. The minimum absolute atomic E-state index is 0.0816. The second-order valence-electron chi connectivity index (χ2n) is 5.00. The number of aromatic nitrogens is 2. The summed E-state index contributed by atoms with van der Waals surface area (Å²) in [6, 6.07) is 10.3. The molecule has 3 rings (SSSR count). The van der Waals surface area contributed by atoms with Crippen LogP contribution in [0.25, 0.3) is 10.9 Å². The fourth-order valence-electron chi connectivity index (χ4n) is 2.27. The Kier molecular flexibility index (Phi) is 3.74. The molecular formula is C16H15N3O3. The highest BCUT2D eigenvalue weighted by Crippen LogP contribution is 2.12. The van der Waals surface area contributed by atoms with E-state index in [1.807, 2.05) is 13.0 Å². The van der Waals surface area contributed by atoms with Gasteiger partial charge >= 0.3 is 0 Å². The van der Waals surface area contributed by atoms with Crippen LogP contribution in [0.4, 0.5) is 0 Å². The standard InChI is InChI=1S/C16H15N3O3/c1-11(14-7-4-8-22-14)18-15(20)9-19-10-17-13-6-3-2-5-12(13)16(19)21/h2-8,10-11H,9H2,1H3,(H,18,20)/t11-/m1/s1. The van der Waals surface area contributed by atoms with Crippen LogP contribution in [0.1, 0.15) is 18.7 Å². The molecule has 3 aromatic rings. The third kappa shape index (κ3) is 2.76. The molecule has 6 nitrogen and oxygen atoms in total. The van der Waals surface area contributed by atoms with Gasteiger partial charge in [-0.2, -0.15) is 0 Å². The molecule has 2 aromatic heterocycles. The average molecular weight is 297 g/mol. The van der Waals surface area contributed by atoms with E-state index in [4.69, 9.17) is 4.42 Å². The first kappa shape index (κ1) is 14.1. The van der Waals surface area contributed by atoms with Crippen LogP contribution in [0.15, 0.2) is 58.2 Å². The molecule has 0 fully saturated rings. The summed E-state index contributed by atoms with van der Waals surface area (Å²) in [4.78, 5) is 28.6. The lowest BCUT2D eigenvalue weighted by molar-refractivity contribution is -0.122. The monoisotopic (exact) mass is 297 g/mol. The van der Waals surface area contributed by atoms with Gasteiger partial charge in [-0.05, 0) is 31.2 Å². The molecule has 0 unspecified atom stereocenters. The Bertz CT molecular complexity index is 852. The lowest BCUT2D eigenvalue weighted by Crippen LogP contribution is -2.33. The molecule has 1 N–H and O–H groups in total. The summed E-state index contributed by atoms with van der Waals surface area (Å²) in [6.45, 7) is 1.74. The van der Waals surface area contributed by atoms with Crippen molar-refractivity contribution >= 4 is 16.8 Å². The summed E-state index contributed by atoms with van der Waals surface area (Å²) < 4.78 is 6.53. The Hall–Kier alpha value is -2.89. The highest BCUT2D eigenvalue weighted by atomic mass is 16.3. The van der Waals surface area contributed by atoms with E-state index in [2.05, 4.69) is 10.3 Å². The second-order valence-corrected chi connectivity index (χ2v) is 5.00. The maximum absolute atomic E-state index is 12.3. The summed E-state index contributed by atoms with van der Waals surface area (Å²) in [5.74, 6) is 0.389. The second kappa shape index (κ2) is 5.85. The number of rotatable bonds is 4. The molecule has 22 heavy (non-hydrogen) atoms. The van der Waals surface area contributed by atoms with Crippen LogP contribution < -0.4 is 10.9 Å². The van der Waals surface area contributed by atoms with Gasteiger partial charge in [0, 0.05) is 0 Å². The van der Waals surface area contributed by atoms with E-state index in [1.165, 1.54) is 10.9 Å². The summed E-state index contributed by atoms with van der Waals surface area (Å²) in [5.41, 5.74) is 0.388. The van der Waals surface area contributed by atoms with E-state index >= 15 is 0 Å². The number of para-hydroxylation sites is 1. The Morgan fingerprint density at radius 3 is 2.91 bits per heavy atom. The molecule has 1 amide bonds. The van der Waals surface area contributed by atoms with Crippen LogP contribution in [-0.2, 0) is 11.3 Å². The molecule has 1 atom stereocenters. The van der Waals surface area contributed by atoms with Crippen LogP contribution >= 0.6 is 0 Å². The number of hydrogen-bond acceptors (Lipinski definition) is 4. The number of furan rings is 1. The van der Waals surface area contributed by atoms with Gasteiger partial charge in [0.2, 0.25) is 5.91 Å². The predicted octanol–water partition coefficient (Wildman–Crippen LogP) is 1.87. The SMILES string of the molecule is C[C@@H](NC(=O)Cn1cnc2ccccc2c1=O)c1ccco1. The number of hydrogen-bond donors (Lipinski definition) is 1. The number of carbonyl (C=O) groups is 1. The van der Waals surface area contributed by atoms with Crippen LogP contribution in [-0.4, -0.2) is 15.5 Å². The van der Waals surface area contributed by atoms with Crippen molar-refractivity contribution in [3.05, 3.63) is 65.1 Å². The van der Waals surface area contributed by atoms with E-state index in [9.17, 15) is 9.59 Å². The molecule has 6 heteroatoms. The molecule has 0 saturated heterocycles. The molecule has 0 aliphatic carbocycles. The molecule has 1 aromatic carbocycles. The van der Waals surface area contributed by atoms with E-state index in [-0.39, 0.29) is 24.1 Å². The van der Waals surface area contributed by atoms with Crippen molar-refractivity contribution in [2.75, 3.05) is 0 Å². The molecule has 0 aliphatic rings. The van der Waals surface area contributed by atoms with Crippen molar-refractivity contribution in [2.45, 2.75) is 19.5 Å². The number of nitrogens with zero attached hydrogens (tertiary/aromatic N) is 2. The van der Waals surface area contributed by atoms with Gasteiger partial charge in [-0.25, -0.2) is 4.98 Å². The Balaban J connectivity index is 1.77. The summed E-state index contributed by atoms with van der Waals surface area (Å²) in [6.07, 6.45) is 2.94. The van der Waals surface area contributed by atoms with E-state index in [0.717, 1.165) is 0 Å². The summed E-state index contributed by atoms with van der Waals surface area (Å²) in [7, 11) is 0. The molecule has 0 aliphatic heterocycles. The first-order chi connectivity index (χ1) is 10.6. The van der Waals surface area contributed by atoms with Gasteiger partial charge < -0.3 is 9.73 Å². The average Bonchev–Trinajstić information content (AvgIpc) is 3.05. The van der Waals surface area contributed by atoms with Crippen LogP contribution in [0.5, 0.6) is 0 Å². The van der Waals surface area contributed by atoms with Crippen molar-refractivity contribution in [3.63, 3.8) is 0 Å². The molecule has 0 spiro atoms. The Labute approximate surface area is 126 Å². The van der Waals surface area contributed by atoms with Gasteiger partial charge in [0.1, 0.15) is 12.3 Å². The van der Waals surface area contributed by atoms with Crippen molar-refractivity contribution in [1.82, 2.24) is 14.9 Å².